The van der Waals surface area contributed by atoms with E-state index >= 15 is 0 Å². The van der Waals surface area contributed by atoms with Crippen LogP contribution in [0, 0.1) is 0 Å². The number of nitrogens with zero attached hydrogens (tertiary/aromatic N) is 2. The van der Waals surface area contributed by atoms with Crippen LogP contribution in [0.4, 0.5) is 4.79 Å². The van der Waals surface area contributed by atoms with Crippen molar-refractivity contribution in [1.82, 2.24) is 15.2 Å². The zero-order chi connectivity index (χ0) is 19.1. The molecular weight excluding hydrogens is 346 g/mol. The average molecular weight is 369 g/mol. The molecular formula is C20H23N3O4. The maximum atomic E-state index is 12.6. The SMILES string of the molecule is O=C(NC1CC(O)CCCN1C(=O)OCc1ccccc1)c1ccccn1. The number of carbonyl (C=O) groups is 2. The number of aliphatic hydroxyl groups is 1. The van der Waals surface area contributed by atoms with Gasteiger partial charge in [-0.1, -0.05) is 36.4 Å². The van der Waals surface area contributed by atoms with Gasteiger partial charge in [0.05, 0.1) is 6.10 Å². The van der Waals surface area contributed by atoms with E-state index in [0.717, 1.165) is 5.56 Å². The lowest BCUT2D eigenvalue weighted by molar-refractivity contribution is 0.0597. The molecule has 0 bridgehead atoms. The number of carbonyl (C=O) groups excluding carboxylic acids is 2. The van der Waals surface area contributed by atoms with E-state index in [1.807, 2.05) is 30.3 Å². The molecule has 2 aromatic rings. The summed E-state index contributed by atoms with van der Waals surface area (Å²) >= 11 is 0. The lowest BCUT2D eigenvalue weighted by Crippen LogP contribution is -2.51. The maximum absolute atomic E-state index is 12.6. The average Bonchev–Trinajstić information content (AvgIpc) is 2.88. The zero-order valence-corrected chi connectivity index (χ0v) is 15.0. The van der Waals surface area contributed by atoms with Gasteiger partial charge in [0.2, 0.25) is 0 Å². The molecule has 1 saturated heterocycles. The van der Waals surface area contributed by atoms with E-state index in [1.54, 1.807) is 18.2 Å². The molecule has 0 aliphatic carbocycles. The topological polar surface area (TPSA) is 91.8 Å². The fourth-order valence-electron chi connectivity index (χ4n) is 3.04. The third kappa shape index (κ3) is 5.27. The fourth-order valence-corrected chi connectivity index (χ4v) is 3.04. The van der Waals surface area contributed by atoms with Crippen LogP contribution in [0.25, 0.3) is 0 Å². The van der Waals surface area contributed by atoms with Crippen LogP contribution in [0.15, 0.2) is 54.7 Å². The van der Waals surface area contributed by atoms with Crippen molar-refractivity contribution in [3.8, 4) is 0 Å². The van der Waals surface area contributed by atoms with Crippen LogP contribution in [0.2, 0.25) is 0 Å². The van der Waals surface area contributed by atoms with Crippen LogP contribution in [0.5, 0.6) is 0 Å². The predicted molar refractivity (Wildman–Crippen MR) is 98.7 cm³/mol. The number of rotatable bonds is 4. The Morgan fingerprint density at radius 2 is 1.96 bits per heavy atom. The van der Waals surface area contributed by atoms with E-state index in [9.17, 15) is 14.7 Å². The van der Waals surface area contributed by atoms with Gasteiger partial charge in [-0.3, -0.25) is 14.7 Å². The van der Waals surface area contributed by atoms with Gasteiger partial charge in [0.15, 0.2) is 0 Å². The summed E-state index contributed by atoms with van der Waals surface area (Å²) in [5, 5.41) is 12.9. The predicted octanol–water partition coefficient (Wildman–Crippen LogP) is 2.32. The molecule has 2 atom stereocenters. The minimum Gasteiger partial charge on any atom is -0.444 e. The smallest absolute Gasteiger partial charge is 0.411 e. The Bertz CT molecular complexity index is 754. The van der Waals surface area contributed by atoms with Gasteiger partial charge in [-0.15, -0.1) is 0 Å². The summed E-state index contributed by atoms with van der Waals surface area (Å²) in [6, 6.07) is 14.4. The number of pyridine rings is 1. The van der Waals surface area contributed by atoms with Crippen LogP contribution in [0.1, 0.15) is 35.3 Å². The molecule has 2 N–H and O–H groups in total. The molecule has 1 fully saturated rings. The van der Waals surface area contributed by atoms with Crippen molar-refractivity contribution < 1.29 is 19.4 Å². The first-order valence-corrected chi connectivity index (χ1v) is 9.01. The number of aromatic nitrogens is 1. The molecule has 2 unspecified atom stereocenters. The minimum atomic E-state index is -0.653. The minimum absolute atomic E-state index is 0.152. The molecule has 27 heavy (non-hydrogen) atoms. The van der Waals surface area contributed by atoms with Crippen LogP contribution < -0.4 is 5.32 Å². The van der Waals surface area contributed by atoms with Crippen LogP contribution in [-0.4, -0.2) is 45.8 Å². The van der Waals surface area contributed by atoms with E-state index < -0.39 is 24.3 Å². The Labute approximate surface area is 158 Å². The molecule has 0 radical (unpaired) electrons. The number of amides is 2. The van der Waals surface area contributed by atoms with Gasteiger partial charge < -0.3 is 15.2 Å². The third-order valence-electron chi connectivity index (χ3n) is 4.44. The molecule has 1 aromatic carbocycles. The van der Waals surface area contributed by atoms with E-state index in [0.29, 0.717) is 19.4 Å². The summed E-state index contributed by atoms with van der Waals surface area (Å²) in [6.45, 7) is 0.553. The molecule has 2 amide bonds. The second kappa shape index (κ2) is 9.14. The molecule has 7 heteroatoms. The quantitative estimate of drug-likeness (QED) is 0.863. The maximum Gasteiger partial charge on any atom is 0.411 e. The second-order valence-corrected chi connectivity index (χ2v) is 6.47. The molecule has 1 aliphatic rings. The van der Waals surface area contributed by atoms with Crippen molar-refractivity contribution in [2.75, 3.05) is 6.54 Å². The van der Waals surface area contributed by atoms with Crippen molar-refractivity contribution in [3.63, 3.8) is 0 Å². The van der Waals surface area contributed by atoms with Gasteiger partial charge in [-0.25, -0.2) is 4.79 Å². The first-order chi connectivity index (χ1) is 13.1. The molecule has 0 saturated carbocycles. The molecule has 142 valence electrons. The van der Waals surface area contributed by atoms with E-state index in [4.69, 9.17) is 4.74 Å². The monoisotopic (exact) mass is 369 g/mol. The standard InChI is InChI=1S/C20H23N3O4/c24-16-9-6-12-23(20(26)27-14-15-7-2-1-3-8-15)18(13-16)22-19(25)17-10-4-5-11-21-17/h1-5,7-8,10-11,16,18,24H,6,9,12-14H2,(H,22,25). The highest BCUT2D eigenvalue weighted by molar-refractivity contribution is 5.92. The highest BCUT2D eigenvalue weighted by Crippen LogP contribution is 2.18. The summed E-state index contributed by atoms with van der Waals surface area (Å²) < 4.78 is 5.41. The molecule has 1 aliphatic heterocycles. The van der Waals surface area contributed by atoms with Crippen molar-refractivity contribution >= 4 is 12.0 Å². The summed E-state index contributed by atoms with van der Waals surface area (Å²) in [5.74, 6) is -0.393. The van der Waals surface area contributed by atoms with E-state index in [1.165, 1.54) is 11.1 Å². The Hall–Kier alpha value is -2.93. The van der Waals surface area contributed by atoms with Gasteiger partial charge in [0, 0.05) is 19.2 Å². The largest absolute Gasteiger partial charge is 0.444 e. The van der Waals surface area contributed by atoms with Crippen molar-refractivity contribution in [2.45, 2.75) is 38.1 Å². The Balaban J connectivity index is 1.67. The lowest BCUT2D eigenvalue weighted by atomic mass is 10.1. The van der Waals surface area contributed by atoms with Crippen molar-refractivity contribution in [3.05, 3.63) is 66.0 Å². The number of ether oxygens (including phenoxy) is 1. The van der Waals surface area contributed by atoms with Crippen molar-refractivity contribution in [1.29, 1.82) is 0 Å². The molecule has 1 aromatic heterocycles. The molecule has 3 rings (SSSR count). The van der Waals surface area contributed by atoms with Gasteiger partial charge in [0.1, 0.15) is 18.5 Å². The number of nitrogens with one attached hydrogen (secondary N) is 1. The van der Waals surface area contributed by atoms with E-state index in [2.05, 4.69) is 10.3 Å². The second-order valence-electron chi connectivity index (χ2n) is 6.47. The number of hydrogen-bond acceptors (Lipinski definition) is 5. The Morgan fingerprint density at radius 1 is 1.19 bits per heavy atom. The first-order valence-electron chi connectivity index (χ1n) is 9.01. The van der Waals surface area contributed by atoms with Gasteiger partial charge in [0.25, 0.3) is 5.91 Å². The van der Waals surface area contributed by atoms with Crippen LogP contribution >= 0.6 is 0 Å². The number of benzene rings is 1. The zero-order valence-electron chi connectivity index (χ0n) is 15.0. The fraction of sp³-hybridized carbons (Fsp3) is 0.350. The first kappa shape index (κ1) is 18.8. The lowest BCUT2D eigenvalue weighted by Gasteiger charge is -2.30. The van der Waals surface area contributed by atoms with E-state index in [-0.39, 0.29) is 18.7 Å². The number of aliphatic hydroxyl groups excluding tert-OH is 1. The Kier molecular flexibility index (Phi) is 6.38. The highest BCUT2D eigenvalue weighted by atomic mass is 16.6. The summed E-state index contributed by atoms with van der Waals surface area (Å²) in [5.41, 5.74) is 1.14. The summed E-state index contributed by atoms with van der Waals surface area (Å²) in [4.78, 5) is 30.6. The summed E-state index contributed by atoms with van der Waals surface area (Å²) in [7, 11) is 0. The molecule has 7 nitrogen and oxygen atoms in total. The van der Waals surface area contributed by atoms with Gasteiger partial charge >= 0.3 is 6.09 Å². The molecule has 0 spiro atoms. The Morgan fingerprint density at radius 3 is 2.70 bits per heavy atom. The normalized spacial score (nSPS) is 19.8. The van der Waals surface area contributed by atoms with Crippen LogP contribution in [-0.2, 0) is 11.3 Å². The highest BCUT2D eigenvalue weighted by Gasteiger charge is 2.31. The van der Waals surface area contributed by atoms with Crippen molar-refractivity contribution in [2.24, 2.45) is 0 Å². The van der Waals surface area contributed by atoms with Crippen LogP contribution in [0.3, 0.4) is 0 Å². The third-order valence-corrected chi connectivity index (χ3v) is 4.44. The molecule has 2 heterocycles. The van der Waals surface area contributed by atoms with Gasteiger partial charge in [-0.2, -0.15) is 0 Å². The summed E-state index contributed by atoms with van der Waals surface area (Å²) in [6.07, 6.45) is 1.23. The van der Waals surface area contributed by atoms with Gasteiger partial charge in [-0.05, 0) is 30.5 Å². The number of likely N-dealkylation sites (tertiary alicyclic amines) is 1. The number of hydrogen-bond donors (Lipinski definition) is 2.